The van der Waals surface area contributed by atoms with Gasteiger partial charge in [0.1, 0.15) is 0 Å². The smallest absolute Gasteiger partial charge is 0.324 e. The molecule has 0 spiro atoms. The van der Waals surface area contributed by atoms with Crippen LogP contribution in [-0.2, 0) is 11.0 Å². The summed E-state index contributed by atoms with van der Waals surface area (Å²) in [6.07, 6.45) is -3.00. The van der Waals surface area contributed by atoms with Crippen LogP contribution in [0.2, 0.25) is 0 Å². The highest BCUT2D eigenvalue weighted by molar-refractivity contribution is 8.00. The van der Waals surface area contributed by atoms with Gasteiger partial charge < -0.3 is 10.6 Å². The average Bonchev–Trinajstić information content (AvgIpc) is 3.18. The normalized spacial score (nSPS) is 13.5. The molecule has 0 unspecified atom stereocenters. The zero-order valence-corrected chi connectivity index (χ0v) is 17.6. The second-order valence-electron chi connectivity index (χ2n) is 7.29. The van der Waals surface area contributed by atoms with Gasteiger partial charge in [-0.25, -0.2) is 4.98 Å². The highest BCUT2D eigenvalue weighted by Gasteiger charge is 2.34. The highest BCUT2D eigenvalue weighted by atomic mass is 32.2. The molecule has 0 aliphatic carbocycles. The maximum Gasteiger partial charge on any atom is 0.417 e. The molecule has 2 aromatic heterocycles. The zero-order chi connectivity index (χ0) is 23.2. The molecule has 4 aromatic rings. The van der Waals surface area contributed by atoms with E-state index in [2.05, 4.69) is 15.6 Å². The van der Waals surface area contributed by atoms with Gasteiger partial charge in [-0.15, -0.1) is 11.8 Å². The van der Waals surface area contributed by atoms with E-state index in [0.29, 0.717) is 22.6 Å². The number of pyridine rings is 1. The molecule has 0 bridgehead atoms. The van der Waals surface area contributed by atoms with Gasteiger partial charge in [0.25, 0.3) is 5.91 Å². The van der Waals surface area contributed by atoms with E-state index in [1.807, 2.05) is 0 Å². The molecule has 10 heteroatoms. The van der Waals surface area contributed by atoms with E-state index in [4.69, 9.17) is 0 Å². The van der Waals surface area contributed by atoms with Gasteiger partial charge in [0, 0.05) is 22.3 Å². The Bertz CT molecular complexity index is 1410. The number of amides is 2. The lowest BCUT2D eigenvalue weighted by Crippen LogP contribution is -2.19. The first-order valence-corrected chi connectivity index (χ1v) is 10.8. The molecule has 1 aliphatic rings. The number of hydrogen-bond donors (Lipinski definition) is 2. The number of nitrogens with zero attached hydrogens (tertiary/aromatic N) is 2. The van der Waals surface area contributed by atoms with Crippen LogP contribution in [0.5, 0.6) is 0 Å². The maximum atomic E-state index is 13.6. The van der Waals surface area contributed by atoms with Gasteiger partial charge in [0.15, 0.2) is 0 Å². The first-order chi connectivity index (χ1) is 15.8. The van der Waals surface area contributed by atoms with Gasteiger partial charge in [-0.3, -0.25) is 14.0 Å². The Balaban J connectivity index is 1.55. The van der Waals surface area contributed by atoms with E-state index >= 15 is 0 Å². The van der Waals surface area contributed by atoms with Gasteiger partial charge in [0.05, 0.1) is 28.2 Å². The summed E-state index contributed by atoms with van der Waals surface area (Å²) in [7, 11) is 0. The summed E-state index contributed by atoms with van der Waals surface area (Å²) >= 11 is 1.39. The molecule has 2 amide bonds. The van der Waals surface area contributed by atoms with Crippen LogP contribution in [0.3, 0.4) is 0 Å². The van der Waals surface area contributed by atoms with Gasteiger partial charge in [-0.2, -0.15) is 13.2 Å². The lowest BCUT2D eigenvalue weighted by atomic mass is 10.0. The van der Waals surface area contributed by atoms with Crippen molar-refractivity contribution >= 4 is 40.5 Å². The van der Waals surface area contributed by atoms with E-state index in [-0.39, 0.29) is 23.0 Å². The molecule has 0 radical (unpaired) electrons. The Morgan fingerprint density at radius 3 is 2.70 bits per heavy atom. The molecule has 33 heavy (non-hydrogen) atoms. The van der Waals surface area contributed by atoms with Crippen molar-refractivity contribution in [1.29, 1.82) is 0 Å². The van der Waals surface area contributed by atoms with Crippen LogP contribution in [0.25, 0.3) is 16.8 Å². The zero-order valence-electron chi connectivity index (χ0n) is 16.8. The third-order valence-corrected chi connectivity index (χ3v) is 6.18. The number of carbonyl (C=O) groups is 2. The number of alkyl halides is 3. The highest BCUT2D eigenvalue weighted by Crippen LogP contribution is 2.38. The Morgan fingerprint density at radius 2 is 1.88 bits per heavy atom. The summed E-state index contributed by atoms with van der Waals surface area (Å²) in [6, 6.07) is 15.2. The summed E-state index contributed by atoms with van der Waals surface area (Å²) in [4.78, 5) is 29.9. The van der Waals surface area contributed by atoms with Crippen molar-refractivity contribution in [3.63, 3.8) is 0 Å². The van der Waals surface area contributed by atoms with Gasteiger partial charge in [-0.05, 0) is 36.4 Å². The number of carbonyl (C=O) groups excluding carboxylic acids is 2. The van der Waals surface area contributed by atoms with Crippen LogP contribution >= 0.6 is 11.8 Å². The quantitative estimate of drug-likeness (QED) is 0.427. The third kappa shape index (κ3) is 3.93. The van der Waals surface area contributed by atoms with Crippen molar-refractivity contribution in [2.45, 2.75) is 11.1 Å². The summed E-state index contributed by atoms with van der Waals surface area (Å²) < 4.78 is 42.3. The Hall–Kier alpha value is -3.79. The lowest BCUT2D eigenvalue weighted by molar-refractivity contribution is -0.137. The number of nitrogens with one attached hydrogen (secondary N) is 2. The fourth-order valence-corrected chi connectivity index (χ4v) is 4.47. The fourth-order valence-electron chi connectivity index (χ4n) is 3.68. The van der Waals surface area contributed by atoms with Crippen molar-refractivity contribution in [2.24, 2.45) is 0 Å². The van der Waals surface area contributed by atoms with Crippen LogP contribution in [0.4, 0.5) is 24.5 Å². The molecule has 1 aliphatic heterocycles. The first-order valence-electron chi connectivity index (χ1n) is 9.83. The summed E-state index contributed by atoms with van der Waals surface area (Å²) in [5.74, 6) is -0.473. The molecule has 0 fully saturated rings. The molecule has 0 atom stereocenters. The second-order valence-corrected chi connectivity index (χ2v) is 8.30. The second kappa shape index (κ2) is 7.96. The number of halogens is 3. The van der Waals surface area contributed by atoms with Crippen LogP contribution in [0, 0.1) is 0 Å². The summed E-state index contributed by atoms with van der Waals surface area (Å²) in [5.41, 5.74) is 0.495. The van der Waals surface area contributed by atoms with Crippen LogP contribution in [0.1, 0.15) is 16.2 Å². The minimum Gasteiger partial charge on any atom is -0.324 e. The van der Waals surface area contributed by atoms with E-state index in [9.17, 15) is 22.8 Å². The largest absolute Gasteiger partial charge is 0.417 e. The minimum absolute atomic E-state index is 0.0581. The lowest BCUT2D eigenvalue weighted by Gasteiger charge is -2.17. The van der Waals surface area contributed by atoms with Crippen molar-refractivity contribution in [2.75, 3.05) is 16.4 Å². The van der Waals surface area contributed by atoms with Crippen LogP contribution in [-0.4, -0.2) is 27.0 Å². The molecule has 166 valence electrons. The molecule has 2 N–H and O–H groups in total. The topological polar surface area (TPSA) is 75.5 Å². The summed E-state index contributed by atoms with van der Waals surface area (Å²) in [5, 5.41) is 5.47. The first kappa shape index (κ1) is 21.1. The number of rotatable bonds is 3. The molecule has 2 aromatic carbocycles. The Morgan fingerprint density at radius 1 is 1.09 bits per heavy atom. The standard InChI is InChI=1S/C23H15F3N4O2S/c24-23(25,26)15-6-2-1-5-14(15)20-17-7-3-4-10-30(17)21(29-20)22(32)27-13-8-9-18-16(11-13)28-19(31)12-33-18/h1-11H,12H2,(H,27,32)(H,28,31). The van der Waals surface area contributed by atoms with Gasteiger partial charge in [-0.1, -0.05) is 24.3 Å². The van der Waals surface area contributed by atoms with Crippen molar-refractivity contribution in [1.82, 2.24) is 9.38 Å². The summed E-state index contributed by atoms with van der Waals surface area (Å²) in [6.45, 7) is 0. The number of thioether (sulfide) groups is 1. The van der Waals surface area contributed by atoms with Crippen LogP contribution < -0.4 is 10.6 Å². The minimum atomic E-state index is -4.57. The number of fused-ring (bicyclic) bond motifs is 2. The number of hydrogen-bond acceptors (Lipinski definition) is 4. The number of imidazole rings is 1. The van der Waals surface area contributed by atoms with Crippen molar-refractivity contribution < 1.29 is 22.8 Å². The Labute approximate surface area is 189 Å². The number of benzene rings is 2. The molecule has 0 saturated heterocycles. The van der Waals surface area contributed by atoms with Gasteiger partial charge in [0.2, 0.25) is 11.7 Å². The number of anilines is 2. The fraction of sp³-hybridized carbons (Fsp3) is 0.0870. The van der Waals surface area contributed by atoms with Crippen molar-refractivity contribution in [3.8, 4) is 11.3 Å². The molecular weight excluding hydrogens is 453 g/mol. The van der Waals surface area contributed by atoms with E-state index < -0.39 is 17.6 Å². The molecule has 5 rings (SSSR count). The predicted octanol–water partition coefficient (Wildman–Crippen LogP) is 5.32. The van der Waals surface area contributed by atoms with Crippen LogP contribution in [0.15, 0.2) is 71.8 Å². The van der Waals surface area contributed by atoms with E-state index in [1.54, 1.807) is 42.6 Å². The molecule has 6 nitrogen and oxygen atoms in total. The molecular formula is C23H15F3N4O2S. The maximum absolute atomic E-state index is 13.6. The predicted molar refractivity (Wildman–Crippen MR) is 119 cm³/mol. The SMILES string of the molecule is O=C1CSc2ccc(NC(=O)c3nc(-c4ccccc4C(F)(F)F)c4ccccn34)cc2N1. The van der Waals surface area contributed by atoms with Crippen molar-refractivity contribution in [3.05, 3.63) is 78.2 Å². The molecule has 0 saturated carbocycles. The number of aromatic nitrogens is 2. The van der Waals surface area contributed by atoms with E-state index in [0.717, 1.165) is 11.0 Å². The van der Waals surface area contributed by atoms with Gasteiger partial charge >= 0.3 is 6.18 Å². The van der Waals surface area contributed by atoms with E-state index in [1.165, 1.54) is 34.4 Å². The molecule has 3 heterocycles. The monoisotopic (exact) mass is 468 g/mol. The Kier molecular flexibility index (Phi) is 5.09. The third-order valence-electron chi connectivity index (χ3n) is 5.11. The average molecular weight is 468 g/mol.